The molecular weight excluding hydrogens is 362 g/mol. The van der Waals surface area contributed by atoms with Crippen molar-refractivity contribution in [3.63, 3.8) is 0 Å². The van der Waals surface area contributed by atoms with Gasteiger partial charge in [0.15, 0.2) is 0 Å². The molecular formula is C24H23N3O2. The van der Waals surface area contributed by atoms with E-state index in [-0.39, 0.29) is 18.2 Å². The Balaban J connectivity index is 1.41. The van der Waals surface area contributed by atoms with Crippen LogP contribution in [0.15, 0.2) is 71.8 Å². The van der Waals surface area contributed by atoms with Crippen molar-refractivity contribution in [1.82, 2.24) is 5.43 Å². The number of rotatable bonds is 5. The Hall–Kier alpha value is -3.47. The molecule has 0 aliphatic carbocycles. The highest BCUT2D eigenvalue weighted by atomic mass is 16.2. The van der Waals surface area contributed by atoms with Crippen molar-refractivity contribution < 1.29 is 9.59 Å². The maximum atomic E-state index is 12.5. The van der Waals surface area contributed by atoms with Crippen molar-refractivity contribution >= 4 is 34.5 Å². The predicted octanol–water partition coefficient (Wildman–Crippen LogP) is 3.91. The van der Waals surface area contributed by atoms with Crippen LogP contribution in [-0.4, -0.2) is 24.6 Å². The van der Waals surface area contributed by atoms with Crippen molar-refractivity contribution in [2.45, 2.75) is 19.8 Å². The first-order valence-electron chi connectivity index (χ1n) is 9.85. The van der Waals surface area contributed by atoms with E-state index in [0.717, 1.165) is 28.4 Å². The standard InChI is InChI=1S/C24H23N3O2/c1-2-17-10-12-21(13-11-17)27-16-20(14-23(27)28)24(29)26-25-15-19-8-5-7-18-6-3-4-9-22(18)19/h3-13,15,20H,2,14,16H2,1H3,(H,26,29)/b25-15+/t20-/m0/s1. The molecule has 5 heteroatoms. The van der Waals surface area contributed by atoms with Crippen LogP contribution < -0.4 is 10.3 Å². The number of hydrazone groups is 1. The molecule has 0 radical (unpaired) electrons. The third-order valence-corrected chi connectivity index (χ3v) is 5.35. The highest BCUT2D eigenvalue weighted by Crippen LogP contribution is 2.25. The molecule has 1 N–H and O–H groups in total. The van der Waals surface area contributed by atoms with Gasteiger partial charge in [0, 0.05) is 24.2 Å². The third kappa shape index (κ3) is 4.04. The summed E-state index contributed by atoms with van der Waals surface area (Å²) < 4.78 is 0. The number of aryl methyl sites for hydroxylation is 1. The molecule has 146 valence electrons. The molecule has 0 spiro atoms. The average Bonchev–Trinajstić information content (AvgIpc) is 3.15. The lowest BCUT2D eigenvalue weighted by atomic mass is 10.1. The third-order valence-electron chi connectivity index (χ3n) is 5.35. The number of nitrogens with one attached hydrogen (secondary N) is 1. The van der Waals surface area contributed by atoms with Gasteiger partial charge in [-0.2, -0.15) is 5.10 Å². The van der Waals surface area contributed by atoms with Gasteiger partial charge in [-0.05, 0) is 34.9 Å². The number of benzene rings is 3. The van der Waals surface area contributed by atoms with E-state index in [2.05, 4.69) is 17.5 Å². The molecule has 4 rings (SSSR count). The van der Waals surface area contributed by atoms with Gasteiger partial charge >= 0.3 is 0 Å². The van der Waals surface area contributed by atoms with Crippen LogP contribution in [-0.2, 0) is 16.0 Å². The fraction of sp³-hybridized carbons (Fsp3) is 0.208. The Morgan fingerprint density at radius 3 is 2.66 bits per heavy atom. The second-order valence-electron chi connectivity index (χ2n) is 7.23. The zero-order chi connectivity index (χ0) is 20.2. The highest BCUT2D eigenvalue weighted by molar-refractivity contribution is 6.01. The summed E-state index contributed by atoms with van der Waals surface area (Å²) in [6, 6.07) is 21.9. The molecule has 5 nitrogen and oxygen atoms in total. The molecule has 1 saturated heterocycles. The lowest BCUT2D eigenvalue weighted by Crippen LogP contribution is -2.30. The lowest BCUT2D eigenvalue weighted by molar-refractivity contribution is -0.126. The minimum atomic E-state index is -0.405. The Labute approximate surface area is 170 Å². The summed E-state index contributed by atoms with van der Waals surface area (Å²) in [6.45, 7) is 2.47. The van der Waals surface area contributed by atoms with E-state index in [1.165, 1.54) is 5.56 Å². The molecule has 2 amide bonds. The zero-order valence-corrected chi connectivity index (χ0v) is 16.3. The van der Waals surface area contributed by atoms with Gasteiger partial charge in [-0.15, -0.1) is 0 Å². The van der Waals surface area contributed by atoms with E-state index in [1.54, 1.807) is 11.1 Å². The van der Waals surface area contributed by atoms with Crippen molar-refractivity contribution in [3.8, 4) is 0 Å². The summed E-state index contributed by atoms with van der Waals surface area (Å²) in [4.78, 5) is 26.6. The minimum absolute atomic E-state index is 0.0348. The molecule has 0 saturated carbocycles. The highest BCUT2D eigenvalue weighted by Gasteiger charge is 2.35. The fourth-order valence-electron chi connectivity index (χ4n) is 3.66. The second kappa shape index (κ2) is 8.27. The SMILES string of the molecule is CCc1ccc(N2C[C@@H](C(=O)N/N=C/c3cccc4ccccc34)CC2=O)cc1. The topological polar surface area (TPSA) is 61.8 Å². The minimum Gasteiger partial charge on any atom is -0.312 e. The summed E-state index contributed by atoms with van der Waals surface area (Å²) in [5, 5.41) is 6.32. The molecule has 1 aliphatic rings. The Morgan fingerprint density at radius 1 is 1.10 bits per heavy atom. The Bertz CT molecular complexity index is 1070. The van der Waals surface area contributed by atoms with E-state index in [1.807, 2.05) is 66.7 Å². The molecule has 0 bridgehead atoms. The van der Waals surface area contributed by atoms with Crippen LogP contribution in [0.3, 0.4) is 0 Å². The Kier molecular flexibility index (Phi) is 5.38. The number of hydrogen-bond acceptors (Lipinski definition) is 3. The maximum absolute atomic E-state index is 12.5. The van der Waals surface area contributed by atoms with E-state index in [9.17, 15) is 9.59 Å². The summed E-state index contributed by atoms with van der Waals surface area (Å²) in [5.74, 6) is -0.673. The quantitative estimate of drug-likeness (QED) is 0.535. The average molecular weight is 385 g/mol. The van der Waals surface area contributed by atoms with Crippen LogP contribution in [0, 0.1) is 5.92 Å². The molecule has 0 unspecified atom stereocenters. The number of carbonyl (C=O) groups excluding carboxylic acids is 2. The summed E-state index contributed by atoms with van der Waals surface area (Å²) in [5.41, 5.74) is 5.59. The van der Waals surface area contributed by atoms with Crippen LogP contribution in [0.1, 0.15) is 24.5 Å². The van der Waals surface area contributed by atoms with E-state index in [4.69, 9.17) is 0 Å². The summed E-state index contributed by atoms with van der Waals surface area (Å²) >= 11 is 0. The van der Waals surface area contributed by atoms with E-state index in [0.29, 0.717) is 6.54 Å². The first-order valence-corrected chi connectivity index (χ1v) is 9.85. The van der Waals surface area contributed by atoms with Gasteiger partial charge < -0.3 is 4.90 Å². The molecule has 0 aromatic heterocycles. The summed E-state index contributed by atoms with van der Waals surface area (Å²) in [7, 11) is 0. The molecule has 3 aromatic carbocycles. The normalized spacial score (nSPS) is 16.7. The number of amides is 2. The molecule has 3 aromatic rings. The van der Waals surface area contributed by atoms with Crippen molar-refractivity contribution in [1.29, 1.82) is 0 Å². The van der Waals surface area contributed by atoms with Gasteiger partial charge in [-0.25, -0.2) is 5.43 Å². The molecule has 1 atom stereocenters. The first kappa shape index (κ1) is 18.9. The fourth-order valence-corrected chi connectivity index (χ4v) is 3.66. The van der Waals surface area contributed by atoms with Gasteiger partial charge in [-0.3, -0.25) is 9.59 Å². The monoisotopic (exact) mass is 385 g/mol. The van der Waals surface area contributed by atoms with Crippen LogP contribution in [0.25, 0.3) is 10.8 Å². The van der Waals surface area contributed by atoms with Gasteiger partial charge in [-0.1, -0.05) is 61.5 Å². The van der Waals surface area contributed by atoms with E-state index < -0.39 is 5.92 Å². The van der Waals surface area contributed by atoms with Gasteiger partial charge in [0.2, 0.25) is 11.8 Å². The van der Waals surface area contributed by atoms with Crippen molar-refractivity contribution in [2.75, 3.05) is 11.4 Å². The van der Waals surface area contributed by atoms with Crippen molar-refractivity contribution in [3.05, 3.63) is 77.9 Å². The Morgan fingerprint density at radius 2 is 1.86 bits per heavy atom. The number of anilines is 1. The maximum Gasteiger partial charge on any atom is 0.245 e. The number of hydrogen-bond donors (Lipinski definition) is 1. The van der Waals surface area contributed by atoms with Crippen molar-refractivity contribution in [2.24, 2.45) is 11.0 Å². The van der Waals surface area contributed by atoms with Crippen LogP contribution >= 0.6 is 0 Å². The second-order valence-corrected chi connectivity index (χ2v) is 7.23. The van der Waals surface area contributed by atoms with Gasteiger partial charge in [0.25, 0.3) is 0 Å². The molecule has 1 heterocycles. The number of nitrogens with zero attached hydrogens (tertiary/aromatic N) is 2. The molecule has 1 fully saturated rings. The predicted molar refractivity (Wildman–Crippen MR) is 116 cm³/mol. The number of fused-ring (bicyclic) bond motifs is 1. The van der Waals surface area contributed by atoms with Crippen LogP contribution in [0.4, 0.5) is 5.69 Å². The summed E-state index contributed by atoms with van der Waals surface area (Å²) in [6.07, 6.45) is 2.80. The smallest absolute Gasteiger partial charge is 0.245 e. The molecule has 29 heavy (non-hydrogen) atoms. The van der Waals surface area contributed by atoms with Gasteiger partial charge in [0.05, 0.1) is 12.1 Å². The molecule has 1 aliphatic heterocycles. The van der Waals surface area contributed by atoms with Crippen LogP contribution in [0.5, 0.6) is 0 Å². The first-order chi connectivity index (χ1) is 14.2. The lowest BCUT2D eigenvalue weighted by Gasteiger charge is -2.16. The van der Waals surface area contributed by atoms with Gasteiger partial charge in [0.1, 0.15) is 0 Å². The van der Waals surface area contributed by atoms with Crippen LogP contribution in [0.2, 0.25) is 0 Å². The largest absolute Gasteiger partial charge is 0.312 e. The number of carbonyl (C=O) groups is 2. The zero-order valence-electron chi connectivity index (χ0n) is 16.3. The van der Waals surface area contributed by atoms with E-state index >= 15 is 0 Å².